The van der Waals surface area contributed by atoms with E-state index >= 15 is 0 Å². The van der Waals surface area contributed by atoms with Gasteiger partial charge in [-0.15, -0.1) is 0 Å². The first-order valence-corrected chi connectivity index (χ1v) is 11.2. The van der Waals surface area contributed by atoms with Crippen molar-refractivity contribution in [3.63, 3.8) is 0 Å². The highest BCUT2D eigenvalue weighted by Gasteiger charge is 2.41. The fourth-order valence-corrected chi connectivity index (χ4v) is 4.95. The van der Waals surface area contributed by atoms with Gasteiger partial charge < -0.3 is 4.74 Å². The van der Waals surface area contributed by atoms with E-state index in [0.29, 0.717) is 33.2 Å². The van der Waals surface area contributed by atoms with Crippen molar-refractivity contribution in [2.45, 2.75) is 16.8 Å². The van der Waals surface area contributed by atoms with Crippen LogP contribution in [-0.2, 0) is 9.59 Å². The summed E-state index contributed by atoms with van der Waals surface area (Å²) in [5, 5.41) is 0.162. The van der Waals surface area contributed by atoms with Gasteiger partial charge in [-0.3, -0.25) is 19.0 Å². The van der Waals surface area contributed by atoms with Gasteiger partial charge in [0.25, 0.3) is 5.56 Å². The minimum atomic E-state index is -0.692. The van der Waals surface area contributed by atoms with E-state index in [4.69, 9.17) is 4.74 Å². The van der Waals surface area contributed by atoms with E-state index in [-0.39, 0.29) is 23.8 Å². The number of thioether (sulfide) groups is 1. The molecule has 1 saturated heterocycles. The van der Waals surface area contributed by atoms with Crippen LogP contribution in [0.1, 0.15) is 6.42 Å². The van der Waals surface area contributed by atoms with Crippen molar-refractivity contribution in [1.82, 2.24) is 9.55 Å². The molecule has 2 amide bonds. The van der Waals surface area contributed by atoms with Crippen LogP contribution in [0.4, 0.5) is 5.69 Å². The Morgan fingerprint density at radius 1 is 0.879 bits per heavy atom. The molecule has 0 N–H and O–H groups in total. The van der Waals surface area contributed by atoms with Gasteiger partial charge in [-0.1, -0.05) is 42.1 Å². The largest absolute Gasteiger partial charge is 0.497 e. The number of ether oxygens (including phenoxy) is 1. The number of carbonyl (C=O) groups excluding carboxylic acids is 2. The van der Waals surface area contributed by atoms with E-state index in [9.17, 15) is 14.4 Å². The van der Waals surface area contributed by atoms with Crippen molar-refractivity contribution in [2.75, 3.05) is 12.0 Å². The molecule has 1 fully saturated rings. The van der Waals surface area contributed by atoms with Crippen LogP contribution in [0.3, 0.4) is 0 Å². The van der Waals surface area contributed by atoms with Crippen LogP contribution in [0.5, 0.6) is 5.75 Å². The standard InChI is InChI=1S/C25H19N3O4S/c1-32-18-13-11-17(12-14-18)27-22(29)15-21(24(27)31)33-25-26-20-10-6-5-9-19(20)23(30)28(25)16-7-3-2-4-8-16/h2-14,21H,15H2,1H3/t21-/m0/s1. The number of carbonyl (C=O) groups is 2. The topological polar surface area (TPSA) is 81.5 Å². The zero-order valence-electron chi connectivity index (χ0n) is 17.7. The summed E-state index contributed by atoms with van der Waals surface area (Å²) in [6, 6.07) is 23.0. The van der Waals surface area contributed by atoms with Crippen LogP contribution in [-0.4, -0.2) is 33.7 Å². The highest BCUT2D eigenvalue weighted by molar-refractivity contribution is 8.00. The molecule has 0 aliphatic carbocycles. The Kier molecular flexibility index (Phi) is 5.43. The zero-order chi connectivity index (χ0) is 22.9. The minimum Gasteiger partial charge on any atom is -0.497 e. The van der Waals surface area contributed by atoms with E-state index < -0.39 is 5.25 Å². The molecule has 3 aromatic carbocycles. The molecule has 164 valence electrons. The van der Waals surface area contributed by atoms with Crippen molar-refractivity contribution in [3.8, 4) is 11.4 Å². The normalized spacial score (nSPS) is 15.9. The molecule has 1 aliphatic heterocycles. The Labute approximate surface area is 193 Å². The molecule has 0 unspecified atom stereocenters. The van der Waals surface area contributed by atoms with Gasteiger partial charge in [0, 0.05) is 6.42 Å². The molecular formula is C25H19N3O4S. The predicted molar refractivity (Wildman–Crippen MR) is 127 cm³/mol. The number of fused-ring (bicyclic) bond motifs is 1. The predicted octanol–water partition coefficient (Wildman–Crippen LogP) is 3.82. The quantitative estimate of drug-likeness (QED) is 0.335. The van der Waals surface area contributed by atoms with Crippen molar-refractivity contribution < 1.29 is 14.3 Å². The molecule has 0 bridgehead atoms. The molecule has 5 rings (SSSR count). The molecule has 0 saturated carbocycles. The maximum atomic E-state index is 13.4. The minimum absolute atomic E-state index is 0.0208. The number of anilines is 1. The number of imide groups is 1. The summed E-state index contributed by atoms with van der Waals surface area (Å²) in [4.78, 5) is 45.2. The smallest absolute Gasteiger partial charge is 0.266 e. The number of nitrogens with zero attached hydrogens (tertiary/aromatic N) is 3. The Balaban J connectivity index is 1.54. The first-order valence-electron chi connectivity index (χ1n) is 10.3. The van der Waals surface area contributed by atoms with Crippen LogP contribution in [0.25, 0.3) is 16.6 Å². The molecule has 1 aromatic heterocycles. The molecule has 33 heavy (non-hydrogen) atoms. The number of methoxy groups -OCH3 is 1. The summed E-state index contributed by atoms with van der Waals surface area (Å²) in [5.74, 6) is 0.00487. The van der Waals surface area contributed by atoms with Crippen LogP contribution >= 0.6 is 11.8 Å². The van der Waals surface area contributed by atoms with Gasteiger partial charge in [-0.25, -0.2) is 9.88 Å². The third-order valence-electron chi connectivity index (χ3n) is 5.44. The summed E-state index contributed by atoms with van der Waals surface area (Å²) >= 11 is 1.13. The highest BCUT2D eigenvalue weighted by atomic mass is 32.2. The number of hydrogen-bond donors (Lipinski definition) is 0. The molecule has 8 heteroatoms. The Bertz CT molecular complexity index is 1420. The summed E-state index contributed by atoms with van der Waals surface area (Å²) in [7, 11) is 1.55. The SMILES string of the molecule is COc1ccc(N2C(=O)C[C@H](Sc3nc4ccccc4c(=O)n3-c3ccccc3)C2=O)cc1. The number of para-hydroxylation sites is 2. The van der Waals surface area contributed by atoms with Gasteiger partial charge in [-0.05, 0) is 48.5 Å². The van der Waals surface area contributed by atoms with E-state index in [1.54, 1.807) is 49.6 Å². The fourth-order valence-electron chi connectivity index (χ4n) is 3.82. The van der Waals surface area contributed by atoms with E-state index in [1.165, 1.54) is 9.47 Å². The molecule has 0 spiro atoms. The second kappa shape index (κ2) is 8.55. The van der Waals surface area contributed by atoms with Crippen LogP contribution in [0, 0.1) is 0 Å². The Morgan fingerprint density at radius 2 is 1.58 bits per heavy atom. The number of aromatic nitrogens is 2. The Morgan fingerprint density at radius 3 is 2.30 bits per heavy atom. The van der Waals surface area contributed by atoms with Gasteiger partial charge in [0.1, 0.15) is 11.0 Å². The van der Waals surface area contributed by atoms with Gasteiger partial charge in [0.15, 0.2) is 5.16 Å². The van der Waals surface area contributed by atoms with Crippen molar-refractivity contribution >= 4 is 40.2 Å². The number of amides is 2. The average molecular weight is 458 g/mol. The average Bonchev–Trinajstić information content (AvgIpc) is 3.12. The fraction of sp³-hybridized carbons (Fsp3) is 0.120. The summed E-state index contributed by atoms with van der Waals surface area (Å²) in [6.45, 7) is 0. The molecule has 1 aliphatic rings. The van der Waals surface area contributed by atoms with E-state index in [0.717, 1.165) is 11.8 Å². The Hall–Kier alpha value is -3.91. The van der Waals surface area contributed by atoms with Crippen LogP contribution < -0.4 is 15.2 Å². The molecule has 1 atom stereocenters. The molecule has 0 radical (unpaired) electrons. The first kappa shape index (κ1) is 21.0. The van der Waals surface area contributed by atoms with Crippen LogP contribution in [0.2, 0.25) is 0 Å². The third kappa shape index (κ3) is 3.78. The number of hydrogen-bond acceptors (Lipinski definition) is 6. The van der Waals surface area contributed by atoms with Crippen molar-refractivity contribution in [1.29, 1.82) is 0 Å². The number of rotatable bonds is 5. The second-order valence-electron chi connectivity index (χ2n) is 7.46. The highest BCUT2D eigenvalue weighted by Crippen LogP contribution is 2.34. The van der Waals surface area contributed by atoms with Crippen molar-refractivity contribution in [3.05, 3.63) is 89.2 Å². The second-order valence-corrected chi connectivity index (χ2v) is 8.63. The lowest BCUT2D eigenvalue weighted by Gasteiger charge is -2.17. The monoisotopic (exact) mass is 457 g/mol. The molecule has 2 heterocycles. The van der Waals surface area contributed by atoms with Gasteiger partial charge in [0.05, 0.1) is 29.4 Å². The maximum Gasteiger partial charge on any atom is 0.266 e. The lowest BCUT2D eigenvalue weighted by Crippen LogP contribution is -2.31. The zero-order valence-corrected chi connectivity index (χ0v) is 18.5. The van der Waals surface area contributed by atoms with Crippen LogP contribution in [0.15, 0.2) is 88.8 Å². The third-order valence-corrected chi connectivity index (χ3v) is 6.58. The summed E-state index contributed by atoms with van der Waals surface area (Å²) < 4.78 is 6.65. The van der Waals surface area contributed by atoms with Gasteiger partial charge in [-0.2, -0.15) is 0 Å². The van der Waals surface area contributed by atoms with E-state index in [2.05, 4.69) is 4.98 Å². The lowest BCUT2D eigenvalue weighted by molar-refractivity contribution is -0.121. The van der Waals surface area contributed by atoms with Crippen molar-refractivity contribution in [2.24, 2.45) is 0 Å². The first-order chi connectivity index (χ1) is 16.1. The maximum absolute atomic E-state index is 13.4. The van der Waals surface area contributed by atoms with Gasteiger partial charge in [0.2, 0.25) is 11.8 Å². The molecule has 4 aromatic rings. The van der Waals surface area contributed by atoms with Gasteiger partial charge >= 0.3 is 0 Å². The molecule has 7 nitrogen and oxygen atoms in total. The lowest BCUT2D eigenvalue weighted by atomic mass is 10.2. The summed E-state index contributed by atoms with van der Waals surface area (Å²) in [5.41, 5.74) is 1.45. The van der Waals surface area contributed by atoms with E-state index in [1.807, 2.05) is 36.4 Å². The molecular weight excluding hydrogens is 438 g/mol. The number of benzene rings is 3. The summed E-state index contributed by atoms with van der Waals surface area (Å²) in [6.07, 6.45) is 0.0208.